The summed E-state index contributed by atoms with van der Waals surface area (Å²) in [6.45, 7) is 2.09. The van der Waals surface area contributed by atoms with Crippen LogP contribution in [0.1, 0.15) is 28.4 Å². The third-order valence-corrected chi connectivity index (χ3v) is 3.94. The second-order valence-electron chi connectivity index (χ2n) is 4.72. The number of hydrogen-bond acceptors (Lipinski definition) is 4. The first-order valence-electron chi connectivity index (χ1n) is 6.93. The molecule has 0 fully saturated rings. The van der Waals surface area contributed by atoms with Gasteiger partial charge >= 0.3 is 5.97 Å². The van der Waals surface area contributed by atoms with Gasteiger partial charge in [0.2, 0.25) is 0 Å². The van der Waals surface area contributed by atoms with E-state index in [9.17, 15) is 13.2 Å². The Kier molecular flexibility index (Phi) is 5.31. The van der Waals surface area contributed by atoms with E-state index in [1.54, 1.807) is 49.4 Å². The molecule has 0 saturated heterocycles. The Morgan fingerprint density at radius 2 is 1.48 bits per heavy atom. The number of hydrogen-bond donors (Lipinski definition) is 1. The molecular weight excluding hydrogens is 316 g/mol. The maximum atomic E-state index is 11.5. The fourth-order valence-electron chi connectivity index (χ4n) is 1.89. The van der Waals surface area contributed by atoms with Crippen molar-refractivity contribution in [3.63, 3.8) is 0 Å². The molecule has 0 aliphatic rings. The van der Waals surface area contributed by atoms with E-state index in [1.807, 2.05) is 6.08 Å². The van der Waals surface area contributed by atoms with Crippen molar-refractivity contribution in [3.05, 3.63) is 65.2 Å². The van der Waals surface area contributed by atoms with E-state index in [-0.39, 0.29) is 10.9 Å². The van der Waals surface area contributed by atoms with Gasteiger partial charge in [0.25, 0.3) is 10.1 Å². The zero-order valence-electron chi connectivity index (χ0n) is 12.5. The van der Waals surface area contributed by atoms with Crippen LogP contribution in [0.5, 0.6) is 0 Å². The first-order valence-corrected chi connectivity index (χ1v) is 8.37. The van der Waals surface area contributed by atoms with Crippen molar-refractivity contribution in [2.24, 2.45) is 0 Å². The number of benzene rings is 2. The monoisotopic (exact) mass is 332 g/mol. The topological polar surface area (TPSA) is 80.7 Å². The third kappa shape index (κ3) is 4.77. The quantitative estimate of drug-likeness (QED) is 0.516. The highest BCUT2D eigenvalue weighted by Gasteiger charge is 2.07. The van der Waals surface area contributed by atoms with Crippen LogP contribution < -0.4 is 0 Å². The van der Waals surface area contributed by atoms with Crippen molar-refractivity contribution in [1.29, 1.82) is 0 Å². The summed E-state index contributed by atoms with van der Waals surface area (Å²) in [5.74, 6) is -0.358. The molecule has 23 heavy (non-hydrogen) atoms. The van der Waals surface area contributed by atoms with Crippen LogP contribution in [0.4, 0.5) is 0 Å². The Balaban J connectivity index is 2.09. The largest absolute Gasteiger partial charge is 0.462 e. The highest BCUT2D eigenvalue weighted by molar-refractivity contribution is 7.85. The van der Waals surface area contributed by atoms with E-state index < -0.39 is 10.1 Å². The van der Waals surface area contributed by atoms with Crippen molar-refractivity contribution in [2.75, 3.05) is 6.61 Å². The summed E-state index contributed by atoms with van der Waals surface area (Å²) in [6.07, 6.45) is 3.63. The molecule has 2 rings (SSSR count). The van der Waals surface area contributed by atoms with Gasteiger partial charge in [0, 0.05) is 0 Å². The molecule has 5 nitrogen and oxygen atoms in total. The zero-order valence-corrected chi connectivity index (χ0v) is 13.3. The number of ether oxygens (including phenoxy) is 1. The average Bonchev–Trinajstić information content (AvgIpc) is 2.53. The van der Waals surface area contributed by atoms with Gasteiger partial charge in [0.1, 0.15) is 0 Å². The van der Waals surface area contributed by atoms with Gasteiger partial charge in [-0.25, -0.2) is 4.79 Å². The molecule has 0 saturated carbocycles. The fraction of sp³-hybridized carbons (Fsp3) is 0.118. The molecule has 6 heteroatoms. The summed E-state index contributed by atoms with van der Waals surface area (Å²) < 4.78 is 35.7. The lowest BCUT2D eigenvalue weighted by atomic mass is 10.1. The maximum absolute atomic E-state index is 11.5. The van der Waals surface area contributed by atoms with E-state index in [0.29, 0.717) is 12.2 Å². The van der Waals surface area contributed by atoms with Crippen molar-refractivity contribution in [1.82, 2.24) is 0 Å². The zero-order chi connectivity index (χ0) is 16.9. The van der Waals surface area contributed by atoms with E-state index >= 15 is 0 Å². The van der Waals surface area contributed by atoms with Gasteiger partial charge in [0.15, 0.2) is 0 Å². The summed E-state index contributed by atoms with van der Waals surface area (Å²) in [5, 5.41) is 0. The number of carbonyl (C=O) groups excluding carboxylic acids is 1. The van der Waals surface area contributed by atoms with Crippen LogP contribution in [0.15, 0.2) is 53.4 Å². The smallest absolute Gasteiger partial charge is 0.338 e. The maximum Gasteiger partial charge on any atom is 0.338 e. The van der Waals surface area contributed by atoms with Gasteiger partial charge in [-0.1, -0.05) is 36.4 Å². The van der Waals surface area contributed by atoms with Crippen molar-refractivity contribution in [3.8, 4) is 0 Å². The van der Waals surface area contributed by atoms with Crippen LogP contribution in [0, 0.1) is 0 Å². The van der Waals surface area contributed by atoms with Gasteiger partial charge < -0.3 is 4.74 Å². The molecule has 2 aromatic carbocycles. The normalized spacial score (nSPS) is 11.6. The second-order valence-corrected chi connectivity index (χ2v) is 6.14. The van der Waals surface area contributed by atoms with E-state index in [2.05, 4.69) is 0 Å². The van der Waals surface area contributed by atoms with Gasteiger partial charge in [-0.2, -0.15) is 8.42 Å². The molecule has 2 aromatic rings. The molecule has 1 N–H and O–H groups in total. The minimum absolute atomic E-state index is 0.145. The van der Waals surface area contributed by atoms with Crippen molar-refractivity contribution < 1.29 is 22.5 Å². The summed E-state index contributed by atoms with van der Waals surface area (Å²) in [5.41, 5.74) is 2.16. The highest BCUT2D eigenvalue weighted by atomic mass is 32.2. The number of carbonyl (C=O) groups is 1. The molecule has 0 unspecified atom stereocenters. The van der Waals surface area contributed by atoms with Crippen LogP contribution in [0.25, 0.3) is 12.2 Å². The molecule has 0 bridgehead atoms. The average molecular weight is 332 g/mol. The predicted molar refractivity (Wildman–Crippen MR) is 87.6 cm³/mol. The van der Waals surface area contributed by atoms with Gasteiger partial charge in [-0.15, -0.1) is 0 Å². The molecule has 0 spiro atoms. The Morgan fingerprint density at radius 3 is 1.91 bits per heavy atom. The summed E-state index contributed by atoms with van der Waals surface area (Å²) in [7, 11) is -4.17. The molecule has 0 heterocycles. The molecule has 0 radical (unpaired) electrons. The first-order chi connectivity index (χ1) is 10.9. The lowest BCUT2D eigenvalue weighted by Crippen LogP contribution is -2.03. The van der Waals surface area contributed by atoms with Crippen LogP contribution in [0.2, 0.25) is 0 Å². The lowest BCUT2D eigenvalue weighted by molar-refractivity contribution is 0.0526. The number of esters is 1. The summed E-state index contributed by atoms with van der Waals surface area (Å²) in [4.78, 5) is 11.4. The molecule has 0 aliphatic carbocycles. The first kappa shape index (κ1) is 16.9. The molecule has 120 valence electrons. The van der Waals surface area contributed by atoms with Gasteiger partial charge in [-0.3, -0.25) is 4.55 Å². The van der Waals surface area contributed by atoms with E-state index in [0.717, 1.165) is 11.1 Å². The minimum atomic E-state index is -4.17. The Labute approximate surface area is 135 Å². The standard InChI is InChI=1S/C17H16O5S/c1-2-22-17(18)15-9-5-13(6-10-15)3-4-14-7-11-16(12-8-14)23(19,20)21/h3-12H,2H2,1H3,(H,19,20,21). The summed E-state index contributed by atoms with van der Waals surface area (Å²) >= 11 is 0. The molecule has 0 aromatic heterocycles. The summed E-state index contributed by atoms with van der Waals surface area (Å²) in [6, 6.07) is 12.8. The Morgan fingerprint density at radius 1 is 1.00 bits per heavy atom. The second kappa shape index (κ2) is 7.21. The van der Waals surface area contributed by atoms with E-state index in [1.165, 1.54) is 12.1 Å². The Bertz CT molecular complexity index is 803. The third-order valence-electron chi connectivity index (χ3n) is 3.07. The van der Waals surface area contributed by atoms with Crippen LogP contribution in [-0.2, 0) is 14.9 Å². The highest BCUT2D eigenvalue weighted by Crippen LogP contribution is 2.14. The molecule has 0 amide bonds. The van der Waals surface area contributed by atoms with Crippen LogP contribution >= 0.6 is 0 Å². The van der Waals surface area contributed by atoms with E-state index in [4.69, 9.17) is 9.29 Å². The minimum Gasteiger partial charge on any atom is -0.462 e. The molecular formula is C17H16O5S. The number of rotatable bonds is 5. The molecule has 0 aliphatic heterocycles. The van der Waals surface area contributed by atoms with Crippen molar-refractivity contribution in [2.45, 2.75) is 11.8 Å². The van der Waals surface area contributed by atoms with Crippen molar-refractivity contribution >= 4 is 28.2 Å². The lowest BCUT2D eigenvalue weighted by Gasteiger charge is -2.02. The van der Waals surface area contributed by atoms with Gasteiger partial charge in [0.05, 0.1) is 17.1 Å². The Hall–Kier alpha value is -2.44. The molecule has 0 atom stereocenters. The van der Waals surface area contributed by atoms with Crippen LogP contribution in [0.3, 0.4) is 0 Å². The SMILES string of the molecule is CCOC(=O)c1ccc(C=Cc2ccc(S(=O)(=O)O)cc2)cc1. The van der Waals surface area contributed by atoms with Crippen LogP contribution in [-0.4, -0.2) is 25.5 Å². The predicted octanol–water partition coefficient (Wildman–Crippen LogP) is 3.28. The van der Waals surface area contributed by atoms with Gasteiger partial charge in [-0.05, 0) is 42.3 Å². The fourth-order valence-corrected chi connectivity index (χ4v) is 2.37.